The average molecular weight is 226 g/mol. The third-order valence-electron chi connectivity index (χ3n) is 2.97. The van der Waals surface area contributed by atoms with Crippen molar-refractivity contribution in [3.8, 4) is 0 Å². The topological polar surface area (TPSA) is 37.4 Å². The zero-order valence-electron chi connectivity index (χ0n) is 9.63. The van der Waals surface area contributed by atoms with Crippen molar-refractivity contribution >= 4 is 5.90 Å². The van der Waals surface area contributed by atoms with E-state index in [4.69, 9.17) is 4.74 Å². The lowest BCUT2D eigenvalue weighted by Crippen LogP contribution is -2.12. The number of aromatic amines is 1. The second-order valence-electron chi connectivity index (χ2n) is 4.20. The molecule has 0 radical (unpaired) electrons. The van der Waals surface area contributed by atoms with E-state index in [1.807, 2.05) is 36.5 Å². The number of hydrogen-bond acceptors (Lipinski definition) is 2. The first-order valence-electron chi connectivity index (χ1n) is 5.78. The van der Waals surface area contributed by atoms with Crippen molar-refractivity contribution in [1.82, 2.24) is 4.98 Å². The van der Waals surface area contributed by atoms with E-state index in [9.17, 15) is 0 Å². The zero-order valence-corrected chi connectivity index (χ0v) is 9.63. The van der Waals surface area contributed by atoms with Crippen LogP contribution in [0, 0.1) is 0 Å². The minimum absolute atomic E-state index is 0.0794. The standard InChI is InChI=1S/C14H14N2O/c1-10-13(11-6-3-2-4-7-11)16-14(17-10)12-8-5-9-15-12/h2-10,13,15H,1H3/t10-,13-/m1/s1. The van der Waals surface area contributed by atoms with E-state index in [-0.39, 0.29) is 12.1 Å². The molecule has 2 heterocycles. The molecule has 3 heteroatoms. The Labute approximate surface area is 100 Å². The van der Waals surface area contributed by atoms with Gasteiger partial charge in [-0.3, -0.25) is 0 Å². The molecule has 1 aromatic heterocycles. The summed E-state index contributed by atoms with van der Waals surface area (Å²) in [5.41, 5.74) is 2.14. The highest BCUT2D eigenvalue weighted by molar-refractivity contribution is 5.93. The molecule has 3 nitrogen and oxygen atoms in total. The van der Waals surface area contributed by atoms with Crippen LogP contribution < -0.4 is 0 Å². The van der Waals surface area contributed by atoms with Crippen molar-refractivity contribution in [2.24, 2.45) is 4.99 Å². The van der Waals surface area contributed by atoms with Gasteiger partial charge in [-0.2, -0.15) is 0 Å². The Kier molecular flexibility index (Phi) is 2.44. The summed E-state index contributed by atoms with van der Waals surface area (Å²) in [5, 5.41) is 0. The van der Waals surface area contributed by atoms with Crippen LogP contribution in [0.25, 0.3) is 0 Å². The summed E-state index contributed by atoms with van der Waals surface area (Å²) in [5.74, 6) is 0.705. The first-order chi connectivity index (χ1) is 8.34. The first kappa shape index (κ1) is 10.1. The van der Waals surface area contributed by atoms with Crippen molar-refractivity contribution in [1.29, 1.82) is 0 Å². The second kappa shape index (κ2) is 4.09. The molecule has 0 spiro atoms. The van der Waals surface area contributed by atoms with Crippen LogP contribution in [0.2, 0.25) is 0 Å². The molecule has 0 saturated heterocycles. The SMILES string of the molecule is C[C@H]1OC(c2ccc[nH]2)=N[C@H]1c1ccccc1. The highest BCUT2D eigenvalue weighted by atomic mass is 16.5. The first-order valence-corrected chi connectivity index (χ1v) is 5.78. The maximum atomic E-state index is 5.79. The van der Waals surface area contributed by atoms with E-state index in [2.05, 4.69) is 29.0 Å². The minimum atomic E-state index is 0.0794. The van der Waals surface area contributed by atoms with Crippen LogP contribution in [0.5, 0.6) is 0 Å². The van der Waals surface area contributed by atoms with Crippen molar-refractivity contribution in [2.75, 3.05) is 0 Å². The quantitative estimate of drug-likeness (QED) is 0.840. The van der Waals surface area contributed by atoms with E-state index in [1.54, 1.807) is 0 Å². The predicted molar refractivity (Wildman–Crippen MR) is 67.1 cm³/mol. The predicted octanol–water partition coefficient (Wildman–Crippen LogP) is 2.92. The molecule has 1 aliphatic rings. The fourth-order valence-corrected chi connectivity index (χ4v) is 2.09. The van der Waals surface area contributed by atoms with Crippen molar-refractivity contribution in [3.05, 3.63) is 59.9 Å². The summed E-state index contributed by atoms with van der Waals surface area (Å²) >= 11 is 0. The Balaban J connectivity index is 1.92. The lowest BCUT2D eigenvalue weighted by atomic mass is 10.0. The molecular weight excluding hydrogens is 212 g/mol. The number of ether oxygens (including phenoxy) is 1. The zero-order chi connectivity index (χ0) is 11.7. The summed E-state index contributed by atoms with van der Waals surface area (Å²) in [6, 6.07) is 14.3. The van der Waals surface area contributed by atoms with Gasteiger partial charge in [-0.05, 0) is 24.6 Å². The molecule has 0 amide bonds. The maximum Gasteiger partial charge on any atom is 0.234 e. The van der Waals surface area contributed by atoms with Gasteiger partial charge in [0.2, 0.25) is 5.90 Å². The molecule has 1 aromatic carbocycles. The lowest BCUT2D eigenvalue weighted by molar-refractivity contribution is 0.213. The highest BCUT2D eigenvalue weighted by Crippen LogP contribution is 2.30. The summed E-state index contributed by atoms with van der Waals surface area (Å²) in [6.45, 7) is 2.05. The summed E-state index contributed by atoms with van der Waals surface area (Å²) in [4.78, 5) is 7.76. The Hall–Kier alpha value is -2.03. The maximum absolute atomic E-state index is 5.79. The van der Waals surface area contributed by atoms with Crippen molar-refractivity contribution < 1.29 is 4.74 Å². The van der Waals surface area contributed by atoms with Gasteiger partial charge in [0.15, 0.2) is 0 Å². The van der Waals surface area contributed by atoms with Crippen LogP contribution in [0.3, 0.4) is 0 Å². The van der Waals surface area contributed by atoms with E-state index in [0.29, 0.717) is 5.90 Å². The number of benzene rings is 1. The molecule has 17 heavy (non-hydrogen) atoms. The molecule has 3 rings (SSSR count). The molecule has 86 valence electrons. The van der Waals surface area contributed by atoms with Gasteiger partial charge in [0.25, 0.3) is 0 Å². The van der Waals surface area contributed by atoms with Gasteiger partial charge >= 0.3 is 0 Å². The van der Waals surface area contributed by atoms with Crippen molar-refractivity contribution in [2.45, 2.75) is 19.1 Å². The van der Waals surface area contributed by atoms with E-state index in [0.717, 1.165) is 5.69 Å². The lowest BCUT2D eigenvalue weighted by Gasteiger charge is -2.12. The van der Waals surface area contributed by atoms with Gasteiger partial charge in [0.1, 0.15) is 17.8 Å². The van der Waals surface area contributed by atoms with Crippen molar-refractivity contribution in [3.63, 3.8) is 0 Å². The normalized spacial score (nSPS) is 23.2. The highest BCUT2D eigenvalue weighted by Gasteiger charge is 2.29. The Morgan fingerprint density at radius 3 is 2.65 bits per heavy atom. The molecule has 0 unspecified atom stereocenters. The van der Waals surface area contributed by atoms with Gasteiger partial charge < -0.3 is 9.72 Å². The van der Waals surface area contributed by atoms with Gasteiger partial charge in [-0.1, -0.05) is 30.3 Å². The third-order valence-corrected chi connectivity index (χ3v) is 2.97. The largest absolute Gasteiger partial charge is 0.471 e. The number of H-pyrrole nitrogens is 1. The third kappa shape index (κ3) is 1.84. The molecular formula is C14H14N2O. The Morgan fingerprint density at radius 1 is 1.12 bits per heavy atom. The Bertz CT molecular complexity index is 516. The second-order valence-corrected chi connectivity index (χ2v) is 4.20. The van der Waals surface area contributed by atoms with Crippen LogP contribution in [0.4, 0.5) is 0 Å². The van der Waals surface area contributed by atoms with Gasteiger partial charge in [-0.25, -0.2) is 4.99 Å². The number of nitrogens with zero attached hydrogens (tertiary/aromatic N) is 1. The molecule has 0 saturated carbocycles. The van der Waals surface area contributed by atoms with E-state index in [1.165, 1.54) is 5.56 Å². The molecule has 0 fully saturated rings. The summed E-state index contributed by atoms with van der Waals surface area (Å²) in [7, 11) is 0. The molecule has 1 aliphatic heterocycles. The average Bonchev–Trinajstić information content (AvgIpc) is 2.99. The smallest absolute Gasteiger partial charge is 0.234 e. The molecule has 0 aliphatic carbocycles. The fourth-order valence-electron chi connectivity index (χ4n) is 2.09. The van der Waals surface area contributed by atoms with Crippen LogP contribution >= 0.6 is 0 Å². The number of aromatic nitrogens is 1. The van der Waals surface area contributed by atoms with Crippen LogP contribution in [0.1, 0.15) is 24.2 Å². The van der Waals surface area contributed by atoms with Crippen LogP contribution in [-0.4, -0.2) is 17.0 Å². The number of aliphatic imine (C=N–C) groups is 1. The molecule has 2 aromatic rings. The summed E-state index contributed by atoms with van der Waals surface area (Å²) in [6.07, 6.45) is 1.96. The summed E-state index contributed by atoms with van der Waals surface area (Å²) < 4.78 is 5.79. The monoisotopic (exact) mass is 226 g/mol. The van der Waals surface area contributed by atoms with E-state index >= 15 is 0 Å². The van der Waals surface area contributed by atoms with Crippen LogP contribution in [0.15, 0.2) is 53.7 Å². The van der Waals surface area contributed by atoms with Gasteiger partial charge in [-0.15, -0.1) is 0 Å². The van der Waals surface area contributed by atoms with Gasteiger partial charge in [0.05, 0.1) is 0 Å². The molecule has 2 atom stereocenters. The minimum Gasteiger partial charge on any atom is -0.471 e. The molecule has 1 N–H and O–H groups in total. The fraction of sp³-hybridized carbons (Fsp3) is 0.214. The van der Waals surface area contributed by atoms with Crippen LogP contribution in [-0.2, 0) is 4.74 Å². The number of hydrogen-bond donors (Lipinski definition) is 1. The number of rotatable bonds is 2. The number of nitrogens with one attached hydrogen (secondary N) is 1. The van der Waals surface area contributed by atoms with Gasteiger partial charge in [0, 0.05) is 6.20 Å². The van der Waals surface area contributed by atoms with E-state index < -0.39 is 0 Å². The Morgan fingerprint density at radius 2 is 1.94 bits per heavy atom. The molecule has 0 bridgehead atoms.